The maximum Gasteiger partial charge on any atom is 0.332 e. The van der Waals surface area contributed by atoms with Crippen LogP contribution in [0.3, 0.4) is 0 Å². The van der Waals surface area contributed by atoms with E-state index in [-0.39, 0.29) is 11.5 Å². The molecule has 1 aromatic carbocycles. The molecule has 0 spiro atoms. The molecular formula is C21H25NO4. The van der Waals surface area contributed by atoms with E-state index in [1.54, 1.807) is 44.4 Å². The Balaban J connectivity index is 1.78. The molecule has 0 aromatic heterocycles. The van der Waals surface area contributed by atoms with E-state index in [2.05, 4.69) is 12.2 Å². The Morgan fingerprint density at radius 1 is 1.23 bits per heavy atom. The highest BCUT2D eigenvalue weighted by Gasteiger charge is 2.37. The van der Waals surface area contributed by atoms with Gasteiger partial charge >= 0.3 is 5.97 Å². The predicted molar refractivity (Wildman–Crippen MR) is 99.7 cm³/mol. The summed E-state index contributed by atoms with van der Waals surface area (Å²) < 4.78 is 5.18. The maximum atomic E-state index is 12.9. The summed E-state index contributed by atoms with van der Waals surface area (Å²) in [5.41, 5.74) is 0.817. The van der Waals surface area contributed by atoms with Crippen LogP contribution in [0.25, 0.3) is 6.08 Å². The van der Waals surface area contributed by atoms with Gasteiger partial charge in [-0.15, -0.1) is 0 Å². The average Bonchev–Trinajstić information content (AvgIpc) is 3.09. The molecule has 1 fully saturated rings. The Kier molecular flexibility index (Phi) is 5.45. The molecule has 5 heteroatoms. The Morgan fingerprint density at radius 3 is 2.46 bits per heavy atom. The zero-order valence-electron chi connectivity index (χ0n) is 15.2. The number of carbonyl (C=O) groups is 2. The van der Waals surface area contributed by atoms with Gasteiger partial charge in [0.2, 0.25) is 5.91 Å². The second-order valence-electron chi connectivity index (χ2n) is 7.11. The lowest BCUT2D eigenvalue weighted by Gasteiger charge is -2.21. The zero-order valence-corrected chi connectivity index (χ0v) is 15.2. The van der Waals surface area contributed by atoms with Gasteiger partial charge in [0.25, 0.3) is 0 Å². The number of rotatable bonds is 5. The number of ether oxygens (including phenoxy) is 1. The number of likely N-dealkylation sites (tertiary alicyclic amines) is 1. The topological polar surface area (TPSA) is 66.8 Å². The highest BCUT2D eigenvalue weighted by molar-refractivity contribution is 5.99. The molecule has 138 valence electrons. The molecular weight excluding hydrogens is 330 g/mol. The van der Waals surface area contributed by atoms with Crippen molar-refractivity contribution in [3.63, 3.8) is 0 Å². The molecule has 1 aliphatic carbocycles. The molecule has 26 heavy (non-hydrogen) atoms. The van der Waals surface area contributed by atoms with Crippen molar-refractivity contribution in [2.24, 2.45) is 17.8 Å². The maximum absolute atomic E-state index is 12.9. The molecule has 1 heterocycles. The minimum absolute atomic E-state index is 0.101. The number of aliphatic carboxylic acids is 1. The normalized spacial score (nSPS) is 23.5. The third-order valence-corrected chi connectivity index (χ3v) is 5.43. The third kappa shape index (κ3) is 3.82. The first kappa shape index (κ1) is 18.2. The summed E-state index contributed by atoms with van der Waals surface area (Å²) in [5.74, 6) is -0.188. The number of fused-ring (bicyclic) bond motifs is 1. The average molecular weight is 355 g/mol. The van der Waals surface area contributed by atoms with Gasteiger partial charge in [0, 0.05) is 18.7 Å². The first-order valence-corrected chi connectivity index (χ1v) is 9.02. The quantitative estimate of drug-likeness (QED) is 0.650. The summed E-state index contributed by atoms with van der Waals surface area (Å²) in [4.78, 5) is 26.6. The highest BCUT2D eigenvalue weighted by Crippen LogP contribution is 2.34. The lowest BCUT2D eigenvalue weighted by atomic mass is 9.86. The fourth-order valence-electron chi connectivity index (χ4n) is 3.88. The van der Waals surface area contributed by atoms with Crippen LogP contribution in [-0.2, 0) is 9.59 Å². The minimum atomic E-state index is -1.06. The van der Waals surface area contributed by atoms with Crippen LogP contribution >= 0.6 is 0 Å². The van der Waals surface area contributed by atoms with Gasteiger partial charge in [-0.3, -0.25) is 4.79 Å². The van der Waals surface area contributed by atoms with Crippen molar-refractivity contribution in [2.45, 2.75) is 19.8 Å². The van der Waals surface area contributed by atoms with E-state index in [0.717, 1.165) is 25.9 Å². The first-order valence-electron chi connectivity index (χ1n) is 9.02. The summed E-state index contributed by atoms with van der Waals surface area (Å²) in [7, 11) is 1.56. The van der Waals surface area contributed by atoms with Crippen molar-refractivity contribution >= 4 is 18.0 Å². The van der Waals surface area contributed by atoms with Gasteiger partial charge in [-0.1, -0.05) is 24.3 Å². The molecule has 1 amide bonds. The van der Waals surface area contributed by atoms with Gasteiger partial charge in [-0.05, 0) is 55.4 Å². The van der Waals surface area contributed by atoms with Crippen LogP contribution in [0.1, 0.15) is 25.3 Å². The molecule has 3 atom stereocenters. The number of hydrogen-bond acceptors (Lipinski definition) is 3. The first-order chi connectivity index (χ1) is 12.5. The van der Waals surface area contributed by atoms with Crippen LogP contribution in [0.2, 0.25) is 0 Å². The van der Waals surface area contributed by atoms with Crippen molar-refractivity contribution in [3.8, 4) is 5.75 Å². The monoisotopic (exact) mass is 355 g/mol. The molecule has 1 N–H and O–H groups in total. The number of nitrogens with zero attached hydrogens (tertiary/aromatic N) is 1. The number of amides is 1. The van der Waals surface area contributed by atoms with E-state index in [0.29, 0.717) is 23.1 Å². The van der Waals surface area contributed by atoms with E-state index >= 15 is 0 Å². The molecule has 1 unspecified atom stereocenters. The van der Waals surface area contributed by atoms with Gasteiger partial charge in [-0.25, -0.2) is 4.79 Å². The number of carboxylic acid groups (broad SMARTS) is 1. The number of allylic oxidation sites excluding steroid dienone is 2. The molecule has 5 nitrogen and oxygen atoms in total. The van der Waals surface area contributed by atoms with Crippen molar-refractivity contribution < 1.29 is 19.4 Å². The smallest absolute Gasteiger partial charge is 0.332 e. The Hall–Kier alpha value is -2.56. The standard InChI is InChI=1S/C21H25NO4/c1-14(20(23)22-12-16-7-3-4-8-17(16)13-22)19(21(24)25)11-15-6-5-9-18(10-15)26-2/h3-6,9-11,14,16-17H,7-8,12-13H2,1-2H3,(H,24,25)/t14?,16-,17+. The number of carbonyl (C=O) groups excluding carboxylic acids is 1. The van der Waals surface area contributed by atoms with Crippen LogP contribution in [0.4, 0.5) is 0 Å². The van der Waals surface area contributed by atoms with E-state index < -0.39 is 11.9 Å². The second kappa shape index (κ2) is 7.77. The molecule has 3 rings (SSSR count). The van der Waals surface area contributed by atoms with Gasteiger partial charge in [0.15, 0.2) is 0 Å². The fraction of sp³-hybridized carbons (Fsp3) is 0.429. The molecule has 1 aromatic rings. The van der Waals surface area contributed by atoms with Crippen LogP contribution in [0, 0.1) is 17.8 Å². The fourth-order valence-corrected chi connectivity index (χ4v) is 3.88. The summed E-state index contributed by atoms with van der Waals surface area (Å²) >= 11 is 0. The van der Waals surface area contributed by atoms with Gasteiger partial charge < -0.3 is 14.7 Å². The number of methoxy groups -OCH3 is 1. The summed E-state index contributed by atoms with van der Waals surface area (Å²) in [5, 5.41) is 9.65. The second-order valence-corrected chi connectivity index (χ2v) is 7.11. The van der Waals surface area contributed by atoms with Gasteiger partial charge in [0.1, 0.15) is 5.75 Å². The van der Waals surface area contributed by atoms with E-state index in [9.17, 15) is 14.7 Å². The Morgan fingerprint density at radius 2 is 1.88 bits per heavy atom. The van der Waals surface area contributed by atoms with Crippen LogP contribution in [0.5, 0.6) is 5.75 Å². The van der Waals surface area contributed by atoms with Gasteiger partial charge in [-0.2, -0.15) is 0 Å². The Labute approximate surface area is 154 Å². The van der Waals surface area contributed by atoms with E-state index in [4.69, 9.17) is 4.74 Å². The van der Waals surface area contributed by atoms with E-state index in [1.807, 2.05) is 4.90 Å². The number of carboxylic acids is 1. The van der Waals surface area contributed by atoms with Crippen LogP contribution in [0.15, 0.2) is 42.0 Å². The van der Waals surface area contributed by atoms with Crippen molar-refractivity contribution in [1.29, 1.82) is 0 Å². The minimum Gasteiger partial charge on any atom is -0.497 e. The Bertz CT molecular complexity index is 736. The van der Waals surface area contributed by atoms with E-state index in [1.165, 1.54) is 0 Å². The molecule has 0 bridgehead atoms. The highest BCUT2D eigenvalue weighted by atomic mass is 16.5. The van der Waals surface area contributed by atoms with Crippen molar-refractivity contribution in [1.82, 2.24) is 4.90 Å². The van der Waals surface area contributed by atoms with Crippen molar-refractivity contribution in [2.75, 3.05) is 20.2 Å². The lowest BCUT2D eigenvalue weighted by molar-refractivity contribution is -0.138. The summed E-state index contributed by atoms with van der Waals surface area (Å²) in [6, 6.07) is 7.16. The third-order valence-electron chi connectivity index (χ3n) is 5.43. The predicted octanol–water partition coefficient (Wildman–Crippen LogP) is 3.22. The largest absolute Gasteiger partial charge is 0.497 e. The number of benzene rings is 1. The SMILES string of the molecule is COc1cccc(C=C(C(=O)O)C(C)C(=O)N2C[C@H]3CC=CC[C@H]3C2)c1. The lowest BCUT2D eigenvalue weighted by Crippen LogP contribution is -2.35. The molecule has 1 saturated heterocycles. The molecule has 0 saturated carbocycles. The summed E-state index contributed by atoms with van der Waals surface area (Å²) in [6.45, 7) is 3.14. The zero-order chi connectivity index (χ0) is 18.7. The summed E-state index contributed by atoms with van der Waals surface area (Å²) in [6.07, 6.45) is 7.95. The van der Waals surface area contributed by atoms with Crippen LogP contribution in [-0.4, -0.2) is 42.1 Å². The molecule has 1 aliphatic heterocycles. The van der Waals surface area contributed by atoms with Crippen molar-refractivity contribution in [3.05, 3.63) is 47.6 Å². The molecule has 0 radical (unpaired) electrons. The van der Waals surface area contributed by atoms with Gasteiger partial charge in [0.05, 0.1) is 13.0 Å². The van der Waals surface area contributed by atoms with Crippen LogP contribution < -0.4 is 4.74 Å². The molecule has 2 aliphatic rings. The number of hydrogen-bond donors (Lipinski definition) is 1.